The van der Waals surface area contributed by atoms with Crippen molar-refractivity contribution >= 4 is 0 Å². The van der Waals surface area contributed by atoms with Crippen molar-refractivity contribution in [2.24, 2.45) is 0 Å². The predicted octanol–water partition coefficient (Wildman–Crippen LogP) is 2.57. The molecule has 3 heteroatoms. The van der Waals surface area contributed by atoms with Gasteiger partial charge < -0.3 is 9.88 Å². The molecule has 0 amide bonds. The van der Waals surface area contributed by atoms with E-state index in [-0.39, 0.29) is 0 Å². The molecule has 1 fully saturated rings. The van der Waals surface area contributed by atoms with Crippen LogP contribution in [0, 0.1) is 0 Å². The summed E-state index contributed by atoms with van der Waals surface area (Å²) >= 11 is 0. The van der Waals surface area contributed by atoms with Crippen LogP contribution in [0.4, 0.5) is 0 Å². The second-order valence-corrected chi connectivity index (χ2v) is 5.00. The molecule has 0 aliphatic carbocycles. The van der Waals surface area contributed by atoms with Crippen LogP contribution in [-0.4, -0.2) is 22.6 Å². The highest BCUT2D eigenvalue weighted by atomic mass is 15.1. The summed E-state index contributed by atoms with van der Waals surface area (Å²) in [5.74, 6) is 0.610. The fourth-order valence-corrected chi connectivity index (χ4v) is 2.75. The van der Waals surface area contributed by atoms with Crippen LogP contribution in [0.5, 0.6) is 0 Å². The Hall–Kier alpha value is -1.61. The first-order valence-electron chi connectivity index (χ1n) is 6.63. The summed E-state index contributed by atoms with van der Waals surface area (Å²) in [6.07, 6.45) is 5.20. The molecule has 1 aromatic heterocycles. The number of benzene rings is 1. The average molecular weight is 241 g/mol. The molecular weight excluding hydrogens is 222 g/mol. The summed E-state index contributed by atoms with van der Waals surface area (Å²) in [5.41, 5.74) is 2.69. The van der Waals surface area contributed by atoms with Gasteiger partial charge in [-0.05, 0) is 25.5 Å². The zero-order valence-electron chi connectivity index (χ0n) is 10.7. The lowest BCUT2D eigenvalue weighted by molar-refractivity contribution is 0.574. The average Bonchev–Trinajstić information content (AvgIpc) is 3.09. The number of nitrogens with zero attached hydrogens (tertiary/aromatic N) is 2. The van der Waals surface area contributed by atoms with E-state index in [1.54, 1.807) is 0 Å². The van der Waals surface area contributed by atoms with E-state index >= 15 is 0 Å². The van der Waals surface area contributed by atoms with Crippen LogP contribution >= 0.6 is 0 Å². The molecule has 0 saturated carbocycles. The van der Waals surface area contributed by atoms with Crippen molar-refractivity contribution in [1.82, 2.24) is 14.9 Å². The minimum Gasteiger partial charge on any atom is -0.327 e. The number of hydrogen-bond acceptors (Lipinski definition) is 2. The van der Waals surface area contributed by atoms with Gasteiger partial charge in [0.25, 0.3) is 0 Å². The SMILES string of the molecule is CC(c1ccccc1)n1cncc1C1CCNC1. The van der Waals surface area contributed by atoms with E-state index in [1.807, 2.05) is 12.5 Å². The van der Waals surface area contributed by atoms with E-state index in [9.17, 15) is 0 Å². The quantitative estimate of drug-likeness (QED) is 0.895. The predicted molar refractivity (Wildman–Crippen MR) is 72.7 cm³/mol. The molecule has 0 radical (unpaired) electrons. The van der Waals surface area contributed by atoms with Crippen LogP contribution in [0.1, 0.15) is 36.6 Å². The topological polar surface area (TPSA) is 29.9 Å². The van der Waals surface area contributed by atoms with Gasteiger partial charge in [-0.3, -0.25) is 0 Å². The third-order valence-corrected chi connectivity index (χ3v) is 3.87. The van der Waals surface area contributed by atoms with Crippen LogP contribution in [0.15, 0.2) is 42.9 Å². The number of hydrogen-bond donors (Lipinski definition) is 1. The first kappa shape index (κ1) is 11.5. The van der Waals surface area contributed by atoms with E-state index in [1.165, 1.54) is 17.7 Å². The van der Waals surface area contributed by atoms with Crippen LogP contribution < -0.4 is 5.32 Å². The minimum atomic E-state index is 0.351. The smallest absolute Gasteiger partial charge is 0.0953 e. The Kier molecular flexibility index (Phi) is 3.15. The van der Waals surface area contributed by atoms with Crippen molar-refractivity contribution in [2.75, 3.05) is 13.1 Å². The summed E-state index contributed by atoms with van der Waals surface area (Å²) in [6.45, 7) is 4.44. The van der Waals surface area contributed by atoms with Crippen LogP contribution in [0.3, 0.4) is 0 Å². The van der Waals surface area contributed by atoms with Gasteiger partial charge in [-0.15, -0.1) is 0 Å². The Morgan fingerprint density at radius 3 is 2.89 bits per heavy atom. The fourth-order valence-electron chi connectivity index (χ4n) is 2.75. The third-order valence-electron chi connectivity index (χ3n) is 3.87. The van der Waals surface area contributed by atoms with E-state index in [0.29, 0.717) is 12.0 Å². The molecule has 1 saturated heterocycles. The van der Waals surface area contributed by atoms with Crippen molar-refractivity contribution < 1.29 is 0 Å². The van der Waals surface area contributed by atoms with Gasteiger partial charge in [-0.2, -0.15) is 0 Å². The van der Waals surface area contributed by atoms with Crippen molar-refractivity contribution in [3.05, 3.63) is 54.1 Å². The Balaban J connectivity index is 1.90. The van der Waals surface area contributed by atoms with Crippen LogP contribution in [0.2, 0.25) is 0 Å². The molecule has 2 atom stereocenters. The zero-order chi connectivity index (χ0) is 12.4. The van der Waals surface area contributed by atoms with Crippen molar-refractivity contribution in [3.8, 4) is 0 Å². The van der Waals surface area contributed by atoms with E-state index in [2.05, 4.69) is 52.1 Å². The Morgan fingerprint density at radius 1 is 1.33 bits per heavy atom. The summed E-state index contributed by atoms with van der Waals surface area (Å²) < 4.78 is 2.31. The lowest BCUT2D eigenvalue weighted by atomic mass is 10.0. The molecule has 3 rings (SSSR count). The second kappa shape index (κ2) is 4.94. The summed E-state index contributed by atoms with van der Waals surface area (Å²) in [4.78, 5) is 4.35. The highest BCUT2D eigenvalue weighted by molar-refractivity contribution is 5.21. The normalized spacial score (nSPS) is 21.1. The minimum absolute atomic E-state index is 0.351. The van der Waals surface area contributed by atoms with Gasteiger partial charge in [0.1, 0.15) is 0 Å². The van der Waals surface area contributed by atoms with E-state index in [0.717, 1.165) is 13.1 Å². The summed E-state index contributed by atoms with van der Waals surface area (Å²) in [5, 5.41) is 3.43. The summed E-state index contributed by atoms with van der Waals surface area (Å²) in [7, 11) is 0. The molecule has 1 aliphatic heterocycles. The molecule has 0 bridgehead atoms. The number of imidazole rings is 1. The number of nitrogens with one attached hydrogen (secondary N) is 1. The molecule has 94 valence electrons. The van der Waals surface area contributed by atoms with Gasteiger partial charge in [0.15, 0.2) is 0 Å². The van der Waals surface area contributed by atoms with Gasteiger partial charge in [-0.1, -0.05) is 30.3 Å². The van der Waals surface area contributed by atoms with Gasteiger partial charge in [0.05, 0.1) is 12.4 Å². The Morgan fingerprint density at radius 2 is 2.17 bits per heavy atom. The molecule has 2 aromatic rings. The molecule has 1 aliphatic rings. The fraction of sp³-hybridized carbons (Fsp3) is 0.400. The molecular formula is C15H19N3. The lowest BCUT2D eigenvalue weighted by Gasteiger charge is -2.19. The molecule has 1 aromatic carbocycles. The number of rotatable bonds is 3. The summed E-state index contributed by atoms with van der Waals surface area (Å²) in [6, 6.07) is 11.0. The number of aromatic nitrogens is 2. The Labute approximate surface area is 108 Å². The third kappa shape index (κ3) is 2.06. The monoisotopic (exact) mass is 241 g/mol. The van der Waals surface area contributed by atoms with Gasteiger partial charge >= 0.3 is 0 Å². The highest BCUT2D eigenvalue weighted by Crippen LogP contribution is 2.27. The van der Waals surface area contributed by atoms with Crippen LogP contribution in [0.25, 0.3) is 0 Å². The van der Waals surface area contributed by atoms with Gasteiger partial charge in [-0.25, -0.2) is 4.98 Å². The first-order chi connectivity index (χ1) is 8.86. The second-order valence-electron chi connectivity index (χ2n) is 5.00. The molecule has 1 N–H and O–H groups in total. The molecule has 2 unspecified atom stereocenters. The maximum absolute atomic E-state index is 4.35. The highest BCUT2D eigenvalue weighted by Gasteiger charge is 2.22. The maximum Gasteiger partial charge on any atom is 0.0953 e. The Bertz CT molecular complexity index is 497. The molecule has 2 heterocycles. The first-order valence-corrected chi connectivity index (χ1v) is 6.63. The largest absolute Gasteiger partial charge is 0.327 e. The lowest BCUT2D eigenvalue weighted by Crippen LogP contribution is -2.14. The molecule has 3 nitrogen and oxygen atoms in total. The van der Waals surface area contributed by atoms with Gasteiger partial charge in [0, 0.05) is 24.4 Å². The molecule has 0 spiro atoms. The van der Waals surface area contributed by atoms with Crippen LogP contribution in [-0.2, 0) is 0 Å². The van der Waals surface area contributed by atoms with Gasteiger partial charge in [0.2, 0.25) is 0 Å². The van der Waals surface area contributed by atoms with E-state index < -0.39 is 0 Å². The van der Waals surface area contributed by atoms with Crippen molar-refractivity contribution in [3.63, 3.8) is 0 Å². The maximum atomic E-state index is 4.35. The van der Waals surface area contributed by atoms with Crippen molar-refractivity contribution in [2.45, 2.75) is 25.3 Å². The van der Waals surface area contributed by atoms with E-state index in [4.69, 9.17) is 0 Å². The molecule has 18 heavy (non-hydrogen) atoms. The standard InChI is InChI=1S/C15H19N3/c1-12(13-5-3-2-4-6-13)18-11-17-10-15(18)14-7-8-16-9-14/h2-6,10-12,14,16H,7-9H2,1H3. The zero-order valence-corrected chi connectivity index (χ0v) is 10.7. The van der Waals surface area contributed by atoms with Crippen molar-refractivity contribution in [1.29, 1.82) is 0 Å².